The van der Waals surface area contributed by atoms with Crippen LogP contribution < -0.4 is 0 Å². The first-order chi connectivity index (χ1) is 8.55. The highest BCUT2D eigenvalue weighted by atomic mass is 32.2. The molecule has 0 aliphatic carbocycles. The molecule has 1 aromatic carbocycles. The van der Waals surface area contributed by atoms with Crippen LogP contribution in [0.3, 0.4) is 0 Å². The zero-order chi connectivity index (χ0) is 13.2. The summed E-state index contributed by atoms with van der Waals surface area (Å²) in [5, 5.41) is 8.70. The lowest BCUT2D eigenvalue weighted by Crippen LogP contribution is -2.46. The number of rotatable bonds is 2. The van der Waals surface area contributed by atoms with Crippen LogP contribution >= 0.6 is 0 Å². The van der Waals surface area contributed by atoms with Gasteiger partial charge < -0.3 is 4.74 Å². The number of hydrogen-bond acceptors (Lipinski definition) is 4. The quantitative estimate of drug-likeness (QED) is 0.799. The van der Waals surface area contributed by atoms with Gasteiger partial charge in [-0.2, -0.15) is 9.57 Å². The largest absolute Gasteiger partial charge is 0.378 e. The van der Waals surface area contributed by atoms with Gasteiger partial charge in [-0.1, -0.05) is 0 Å². The summed E-state index contributed by atoms with van der Waals surface area (Å²) in [6, 6.07) is 7.76. The second kappa shape index (κ2) is 5.06. The highest BCUT2D eigenvalue weighted by Crippen LogP contribution is 2.20. The highest BCUT2D eigenvalue weighted by molar-refractivity contribution is 7.89. The fourth-order valence-corrected chi connectivity index (χ4v) is 3.51. The molecule has 96 valence electrons. The van der Waals surface area contributed by atoms with Crippen molar-refractivity contribution in [2.45, 2.75) is 17.9 Å². The van der Waals surface area contributed by atoms with Gasteiger partial charge in [-0.3, -0.25) is 0 Å². The molecule has 0 bridgehead atoms. The van der Waals surface area contributed by atoms with Crippen molar-refractivity contribution in [3.63, 3.8) is 0 Å². The van der Waals surface area contributed by atoms with Crippen molar-refractivity contribution in [2.75, 3.05) is 19.8 Å². The molecule has 0 saturated carbocycles. The van der Waals surface area contributed by atoms with Crippen molar-refractivity contribution >= 4 is 10.0 Å². The zero-order valence-corrected chi connectivity index (χ0v) is 10.9. The number of ether oxygens (including phenoxy) is 1. The van der Waals surface area contributed by atoms with E-state index in [1.54, 1.807) is 0 Å². The topological polar surface area (TPSA) is 70.4 Å². The fourth-order valence-electron chi connectivity index (χ4n) is 1.91. The minimum Gasteiger partial charge on any atom is -0.378 e. The van der Waals surface area contributed by atoms with Gasteiger partial charge in [-0.15, -0.1) is 0 Å². The number of nitriles is 1. The first-order valence-electron chi connectivity index (χ1n) is 5.65. The Bertz CT molecular complexity index is 560. The summed E-state index contributed by atoms with van der Waals surface area (Å²) in [6.45, 7) is 3.01. The van der Waals surface area contributed by atoms with E-state index in [0.717, 1.165) is 0 Å². The van der Waals surface area contributed by atoms with Gasteiger partial charge >= 0.3 is 0 Å². The Labute approximate surface area is 107 Å². The molecular weight excluding hydrogens is 252 g/mol. The Morgan fingerprint density at radius 1 is 1.39 bits per heavy atom. The van der Waals surface area contributed by atoms with Crippen LogP contribution in [-0.4, -0.2) is 38.5 Å². The summed E-state index contributed by atoms with van der Waals surface area (Å²) in [7, 11) is -3.49. The molecule has 6 heteroatoms. The summed E-state index contributed by atoms with van der Waals surface area (Å²) in [6.07, 6.45) is 0. The first kappa shape index (κ1) is 13.0. The minimum absolute atomic E-state index is 0.167. The van der Waals surface area contributed by atoms with E-state index in [1.165, 1.54) is 28.6 Å². The number of hydrogen-bond donors (Lipinski definition) is 0. The van der Waals surface area contributed by atoms with E-state index in [2.05, 4.69) is 0 Å². The van der Waals surface area contributed by atoms with Crippen LogP contribution in [0.4, 0.5) is 0 Å². The summed E-state index contributed by atoms with van der Waals surface area (Å²) in [4.78, 5) is 0.218. The molecule has 0 radical (unpaired) electrons. The second-order valence-electron chi connectivity index (χ2n) is 4.18. The molecule has 0 spiro atoms. The number of morpholine rings is 1. The molecule has 1 aliphatic rings. The number of sulfonamides is 1. The van der Waals surface area contributed by atoms with E-state index in [9.17, 15) is 8.42 Å². The Morgan fingerprint density at radius 3 is 2.61 bits per heavy atom. The summed E-state index contributed by atoms with van der Waals surface area (Å²) < 4.78 is 31.4. The molecular formula is C12H14N2O3S. The number of nitrogens with zero attached hydrogens (tertiary/aromatic N) is 2. The van der Waals surface area contributed by atoms with Crippen LogP contribution in [0.5, 0.6) is 0 Å². The Morgan fingerprint density at radius 2 is 2.06 bits per heavy atom. The lowest BCUT2D eigenvalue weighted by atomic mass is 10.2. The van der Waals surface area contributed by atoms with Crippen LogP contribution in [0.1, 0.15) is 12.5 Å². The van der Waals surface area contributed by atoms with Crippen molar-refractivity contribution in [2.24, 2.45) is 0 Å². The third-order valence-corrected chi connectivity index (χ3v) is 4.92. The van der Waals surface area contributed by atoms with Crippen LogP contribution in [0.25, 0.3) is 0 Å². The molecule has 1 atom stereocenters. The van der Waals surface area contributed by atoms with Gasteiger partial charge in [0.05, 0.1) is 29.7 Å². The average Bonchev–Trinajstić information content (AvgIpc) is 2.39. The molecule has 0 unspecified atom stereocenters. The van der Waals surface area contributed by atoms with E-state index in [-0.39, 0.29) is 10.9 Å². The van der Waals surface area contributed by atoms with Crippen molar-refractivity contribution in [1.29, 1.82) is 5.26 Å². The molecule has 0 amide bonds. The molecule has 2 rings (SSSR count). The standard InChI is InChI=1S/C12H14N2O3S/c1-10-9-17-7-6-14(10)18(15,16)12-4-2-11(8-13)3-5-12/h2-5,10H,6-7,9H2,1H3/t10-/m1/s1. The van der Waals surface area contributed by atoms with Crippen molar-refractivity contribution < 1.29 is 13.2 Å². The monoisotopic (exact) mass is 266 g/mol. The predicted molar refractivity (Wildman–Crippen MR) is 65.3 cm³/mol. The van der Waals surface area contributed by atoms with E-state index < -0.39 is 10.0 Å². The van der Waals surface area contributed by atoms with E-state index >= 15 is 0 Å². The minimum atomic E-state index is -3.49. The predicted octanol–water partition coefficient (Wildman–Crippen LogP) is 0.968. The third kappa shape index (κ3) is 2.38. The van der Waals surface area contributed by atoms with Gasteiger partial charge in [-0.25, -0.2) is 8.42 Å². The molecule has 1 aromatic rings. The summed E-state index contributed by atoms with van der Waals surface area (Å²) in [5.41, 5.74) is 0.448. The lowest BCUT2D eigenvalue weighted by Gasteiger charge is -2.32. The summed E-state index contributed by atoms with van der Waals surface area (Å²) in [5.74, 6) is 0. The SMILES string of the molecule is C[C@@H]1COCCN1S(=O)(=O)c1ccc(C#N)cc1. The second-order valence-corrected chi connectivity index (χ2v) is 6.07. The van der Waals surface area contributed by atoms with Crippen molar-refractivity contribution in [3.8, 4) is 6.07 Å². The van der Waals surface area contributed by atoms with Crippen molar-refractivity contribution in [1.82, 2.24) is 4.31 Å². The smallest absolute Gasteiger partial charge is 0.243 e. The molecule has 18 heavy (non-hydrogen) atoms. The molecule has 0 N–H and O–H groups in total. The maximum atomic E-state index is 12.4. The van der Waals surface area contributed by atoms with Gasteiger partial charge in [0.15, 0.2) is 0 Å². The van der Waals surface area contributed by atoms with E-state index in [4.69, 9.17) is 10.00 Å². The normalized spacial score (nSPS) is 21.4. The maximum absolute atomic E-state index is 12.4. The molecule has 0 aromatic heterocycles. The van der Waals surface area contributed by atoms with E-state index in [1.807, 2.05) is 13.0 Å². The first-order valence-corrected chi connectivity index (χ1v) is 7.09. The third-order valence-electron chi connectivity index (χ3n) is 2.90. The summed E-state index contributed by atoms with van der Waals surface area (Å²) >= 11 is 0. The Kier molecular flexibility index (Phi) is 3.66. The highest BCUT2D eigenvalue weighted by Gasteiger charge is 2.31. The number of benzene rings is 1. The Balaban J connectivity index is 2.32. The molecule has 1 aliphatic heterocycles. The molecule has 1 heterocycles. The maximum Gasteiger partial charge on any atom is 0.243 e. The fraction of sp³-hybridized carbons (Fsp3) is 0.417. The van der Waals surface area contributed by atoms with Crippen LogP contribution in [-0.2, 0) is 14.8 Å². The Hall–Kier alpha value is -1.42. The lowest BCUT2D eigenvalue weighted by molar-refractivity contribution is 0.0393. The average molecular weight is 266 g/mol. The van der Waals surface area contributed by atoms with Crippen LogP contribution in [0, 0.1) is 11.3 Å². The molecule has 5 nitrogen and oxygen atoms in total. The zero-order valence-electron chi connectivity index (χ0n) is 10.0. The van der Waals surface area contributed by atoms with Crippen LogP contribution in [0.2, 0.25) is 0 Å². The van der Waals surface area contributed by atoms with Crippen LogP contribution in [0.15, 0.2) is 29.2 Å². The van der Waals surface area contributed by atoms with Gasteiger partial charge in [-0.05, 0) is 31.2 Å². The van der Waals surface area contributed by atoms with Gasteiger partial charge in [0.25, 0.3) is 0 Å². The molecule has 1 saturated heterocycles. The van der Waals surface area contributed by atoms with Crippen molar-refractivity contribution in [3.05, 3.63) is 29.8 Å². The van der Waals surface area contributed by atoms with Gasteiger partial charge in [0.2, 0.25) is 10.0 Å². The van der Waals surface area contributed by atoms with Gasteiger partial charge in [0, 0.05) is 12.6 Å². The van der Waals surface area contributed by atoms with Gasteiger partial charge in [0.1, 0.15) is 0 Å². The van der Waals surface area contributed by atoms with E-state index in [0.29, 0.717) is 25.3 Å². The molecule has 1 fully saturated rings.